The van der Waals surface area contributed by atoms with Crippen LogP contribution in [0.25, 0.3) is 0 Å². The number of benzene rings is 2. The maximum absolute atomic E-state index is 13.2. The highest BCUT2D eigenvalue weighted by atomic mass is 35.5. The molecular formula is C24H31ClN2O4. The lowest BCUT2D eigenvalue weighted by Gasteiger charge is -2.29. The van der Waals surface area contributed by atoms with Crippen LogP contribution < -0.4 is 14.8 Å². The summed E-state index contributed by atoms with van der Waals surface area (Å²) in [5.74, 6) is 0.935. The summed E-state index contributed by atoms with van der Waals surface area (Å²) in [5, 5.41) is 3.45. The summed E-state index contributed by atoms with van der Waals surface area (Å²) < 4.78 is 10.6. The Hall–Kier alpha value is -2.73. The number of carbonyl (C=O) groups excluding carboxylic acids is 2. The van der Waals surface area contributed by atoms with Crippen LogP contribution >= 0.6 is 11.6 Å². The molecule has 0 aromatic heterocycles. The molecule has 1 N–H and O–H groups in total. The average molecular weight is 447 g/mol. The number of hydrogen-bond acceptors (Lipinski definition) is 4. The summed E-state index contributed by atoms with van der Waals surface area (Å²) in [6.07, 6.45) is 0.760. The molecule has 1 unspecified atom stereocenters. The van der Waals surface area contributed by atoms with Gasteiger partial charge in [0.05, 0.1) is 14.2 Å². The van der Waals surface area contributed by atoms with Crippen molar-refractivity contribution in [1.82, 2.24) is 10.2 Å². The maximum atomic E-state index is 13.2. The van der Waals surface area contributed by atoms with Gasteiger partial charge in [-0.3, -0.25) is 9.59 Å². The van der Waals surface area contributed by atoms with Gasteiger partial charge in [-0.05, 0) is 56.5 Å². The minimum atomic E-state index is -0.628. The van der Waals surface area contributed by atoms with Crippen molar-refractivity contribution in [2.45, 2.75) is 52.2 Å². The second-order valence-corrected chi connectivity index (χ2v) is 8.05. The fourth-order valence-electron chi connectivity index (χ4n) is 3.23. The van der Waals surface area contributed by atoms with Crippen molar-refractivity contribution in [3.05, 3.63) is 58.6 Å². The van der Waals surface area contributed by atoms with Crippen molar-refractivity contribution >= 4 is 23.4 Å². The van der Waals surface area contributed by atoms with Gasteiger partial charge in [0.15, 0.2) is 11.5 Å². The molecular weight excluding hydrogens is 416 g/mol. The van der Waals surface area contributed by atoms with Gasteiger partial charge < -0.3 is 19.7 Å². The van der Waals surface area contributed by atoms with E-state index >= 15 is 0 Å². The molecule has 0 aliphatic rings. The zero-order valence-corrected chi connectivity index (χ0v) is 19.5. The van der Waals surface area contributed by atoms with E-state index < -0.39 is 6.04 Å². The highest BCUT2D eigenvalue weighted by molar-refractivity contribution is 6.31. The number of rotatable bonds is 10. The molecule has 0 saturated carbocycles. The third-order valence-electron chi connectivity index (χ3n) is 4.97. The monoisotopic (exact) mass is 446 g/mol. The van der Waals surface area contributed by atoms with Gasteiger partial charge in [0.25, 0.3) is 0 Å². The smallest absolute Gasteiger partial charge is 0.242 e. The van der Waals surface area contributed by atoms with E-state index in [0.717, 1.165) is 11.1 Å². The van der Waals surface area contributed by atoms with Crippen LogP contribution in [-0.4, -0.2) is 43.0 Å². The predicted molar refractivity (Wildman–Crippen MR) is 123 cm³/mol. The zero-order valence-electron chi connectivity index (χ0n) is 18.8. The molecule has 7 heteroatoms. The number of nitrogens with one attached hydrogen (secondary N) is 1. The van der Waals surface area contributed by atoms with Crippen molar-refractivity contribution < 1.29 is 19.1 Å². The Balaban J connectivity index is 2.19. The quantitative estimate of drug-likeness (QED) is 0.593. The third kappa shape index (κ3) is 6.89. The topological polar surface area (TPSA) is 67.9 Å². The van der Waals surface area contributed by atoms with Crippen LogP contribution in [0.1, 0.15) is 38.3 Å². The Kier molecular flexibility index (Phi) is 9.19. The number of hydrogen-bond donors (Lipinski definition) is 1. The van der Waals surface area contributed by atoms with Crippen molar-refractivity contribution in [2.75, 3.05) is 14.2 Å². The first-order valence-corrected chi connectivity index (χ1v) is 10.7. The fraction of sp³-hybridized carbons (Fsp3) is 0.417. The lowest BCUT2D eigenvalue weighted by atomic mass is 10.1. The Labute approximate surface area is 189 Å². The fourth-order valence-corrected chi connectivity index (χ4v) is 3.42. The molecule has 0 spiro atoms. The number of halogens is 1. The molecule has 2 amide bonds. The number of nitrogens with zero attached hydrogens (tertiary/aromatic N) is 1. The molecule has 168 valence electrons. The number of aryl methyl sites for hydroxylation is 1. The molecule has 31 heavy (non-hydrogen) atoms. The van der Waals surface area contributed by atoms with Crippen molar-refractivity contribution in [3.63, 3.8) is 0 Å². The Bertz CT molecular complexity index is 901. The van der Waals surface area contributed by atoms with Gasteiger partial charge in [0, 0.05) is 24.0 Å². The summed E-state index contributed by atoms with van der Waals surface area (Å²) in [7, 11) is 3.16. The lowest BCUT2D eigenvalue weighted by Crippen LogP contribution is -2.49. The number of methoxy groups -OCH3 is 2. The lowest BCUT2D eigenvalue weighted by molar-refractivity contribution is -0.140. The van der Waals surface area contributed by atoms with Gasteiger partial charge in [0.1, 0.15) is 6.04 Å². The average Bonchev–Trinajstić information content (AvgIpc) is 2.75. The highest BCUT2D eigenvalue weighted by Crippen LogP contribution is 2.28. The van der Waals surface area contributed by atoms with Crippen LogP contribution in [0.5, 0.6) is 11.5 Å². The molecule has 2 aromatic rings. The zero-order chi connectivity index (χ0) is 23.0. The Morgan fingerprint density at radius 1 is 1.03 bits per heavy atom. The molecule has 0 bridgehead atoms. The molecule has 2 aromatic carbocycles. The van der Waals surface area contributed by atoms with Gasteiger partial charge in [0.2, 0.25) is 11.8 Å². The molecule has 0 aliphatic carbocycles. The second-order valence-electron chi connectivity index (χ2n) is 7.64. The summed E-state index contributed by atoms with van der Waals surface area (Å²) in [6.45, 7) is 5.78. The second kappa shape index (κ2) is 11.6. The van der Waals surface area contributed by atoms with E-state index in [-0.39, 0.29) is 30.8 Å². The van der Waals surface area contributed by atoms with Gasteiger partial charge in [-0.2, -0.15) is 0 Å². The van der Waals surface area contributed by atoms with E-state index in [2.05, 4.69) is 5.32 Å². The molecule has 0 fully saturated rings. The minimum Gasteiger partial charge on any atom is -0.493 e. The van der Waals surface area contributed by atoms with Crippen LogP contribution in [0.2, 0.25) is 5.02 Å². The first-order chi connectivity index (χ1) is 14.8. The van der Waals surface area contributed by atoms with Crippen molar-refractivity contribution in [2.24, 2.45) is 0 Å². The van der Waals surface area contributed by atoms with Gasteiger partial charge >= 0.3 is 0 Å². The summed E-state index contributed by atoms with van der Waals surface area (Å²) >= 11 is 6.31. The van der Waals surface area contributed by atoms with Crippen LogP contribution in [0.15, 0.2) is 42.5 Å². The number of amides is 2. The Morgan fingerprint density at radius 3 is 2.32 bits per heavy atom. The molecule has 0 aliphatic heterocycles. The third-order valence-corrected chi connectivity index (χ3v) is 5.34. The van der Waals surface area contributed by atoms with E-state index in [0.29, 0.717) is 22.9 Å². The minimum absolute atomic E-state index is 0.0148. The molecule has 6 nitrogen and oxygen atoms in total. The van der Waals surface area contributed by atoms with E-state index in [9.17, 15) is 9.59 Å². The van der Waals surface area contributed by atoms with Crippen molar-refractivity contribution in [3.8, 4) is 11.5 Å². The highest BCUT2D eigenvalue weighted by Gasteiger charge is 2.26. The van der Waals surface area contributed by atoms with E-state index in [4.69, 9.17) is 21.1 Å². The molecule has 2 rings (SSSR count). The first-order valence-electron chi connectivity index (χ1n) is 10.3. The van der Waals surface area contributed by atoms with Crippen molar-refractivity contribution in [1.29, 1.82) is 0 Å². The van der Waals surface area contributed by atoms with Crippen LogP contribution in [-0.2, 0) is 22.6 Å². The maximum Gasteiger partial charge on any atom is 0.242 e. The molecule has 0 radical (unpaired) electrons. The Morgan fingerprint density at radius 2 is 1.71 bits per heavy atom. The molecule has 0 saturated heterocycles. The molecule has 0 heterocycles. The summed E-state index contributed by atoms with van der Waals surface area (Å²) in [5.41, 5.74) is 1.75. The number of ether oxygens (including phenoxy) is 2. The largest absolute Gasteiger partial charge is 0.493 e. The SMILES string of the molecule is COc1ccc(CCC(=O)N(Cc2ccccc2Cl)C(C)C(=O)NC(C)C)cc1OC. The predicted octanol–water partition coefficient (Wildman–Crippen LogP) is 4.23. The van der Waals surface area contributed by atoms with Crippen LogP contribution in [0.3, 0.4) is 0 Å². The first kappa shape index (κ1) is 24.5. The van der Waals surface area contributed by atoms with Gasteiger partial charge in [-0.15, -0.1) is 0 Å². The summed E-state index contributed by atoms with van der Waals surface area (Å²) in [4.78, 5) is 27.4. The van der Waals surface area contributed by atoms with Crippen LogP contribution in [0.4, 0.5) is 0 Å². The van der Waals surface area contributed by atoms with Gasteiger partial charge in [-0.25, -0.2) is 0 Å². The van der Waals surface area contributed by atoms with E-state index in [1.807, 2.05) is 50.2 Å². The van der Waals surface area contributed by atoms with Gasteiger partial charge in [-0.1, -0.05) is 35.9 Å². The summed E-state index contributed by atoms with van der Waals surface area (Å²) in [6, 6.07) is 12.3. The standard InChI is InChI=1S/C24H31ClN2O4/c1-16(2)26-24(29)17(3)27(15-19-8-6-7-9-20(19)25)23(28)13-11-18-10-12-21(30-4)22(14-18)31-5/h6-10,12,14,16-17H,11,13,15H2,1-5H3,(H,26,29). The molecule has 1 atom stereocenters. The van der Waals surface area contributed by atoms with Crippen LogP contribution in [0, 0.1) is 0 Å². The normalized spacial score (nSPS) is 11.7. The van der Waals surface area contributed by atoms with E-state index in [1.54, 1.807) is 32.1 Å². The number of carbonyl (C=O) groups is 2. The van der Waals surface area contributed by atoms with E-state index in [1.165, 1.54) is 0 Å².